The number of hydrogen-bond donors (Lipinski definition) is 0. The Balaban J connectivity index is 1.00. The molecule has 304 valence electrons. The standard InChI is InChI=1S/C62H38FNO/c63-45-26-29-46(30-27-45)64(47-28-23-39-11-1-2-14-42(39)35-47)48-31-34-52-51-32-24-44(37-59(51)65-60(52)38-48)43-25-33-57-58(36-43)62(54-22-10-16-41-13-4-6-18-50(41)54)56-20-8-7-19-55(56)61(57)53-21-9-15-40-12-3-5-17-49(40)53/h1-38H. The monoisotopic (exact) mass is 831 g/mol. The Kier molecular flexibility index (Phi) is 8.44. The predicted molar refractivity (Wildman–Crippen MR) is 272 cm³/mol. The van der Waals surface area contributed by atoms with E-state index in [2.05, 4.69) is 211 Å². The van der Waals surface area contributed by atoms with Crippen molar-refractivity contribution < 1.29 is 8.81 Å². The Labute approximate surface area is 374 Å². The highest BCUT2D eigenvalue weighted by Crippen LogP contribution is 2.48. The third-order valence-electron chi connectivity index (χ3n) is 13.3. The molecule has 2 nitrogen and oxygen atoms in total. The normalized spacial score (nSPS) is 11.8. The van der Waals surface area contributed by atoms with E-state index in [1.807, 2.05) is 12.1 Å². The number of nitrogens with zero attached hydrogens (tertiary/aromatic N) is 1. The van der Waals surface area contributed by atoms with Gasteiger partial charge in [-0.15, -0.1) is 0 Å². The van der Waals surface area contributed by atoms with Crippen molar-refractivity contribution in [1.82, 2.24) is 0 Å². The number of benzene rings is 12. The van der Waals surface area contributed by atoms with Gasteiger partial charge in [0.2, 0.25) is 0 Å². The molecule has 0 aliphatic rings. The van der Waals surface area contributed by atoms with Crippen LogP contribution in [0.15, 0.2) is 235 Å². The van der Waals surface area contributed by atoms with Crippen LogP contribution in [-0.4, -0.2) is 0 Å². The first-order valence-corrected chi connectivity index (χ1v) is 22.1. The maximum Gasteiger partial charge on any atom is 0.137 e. The van der Waals surface area contributed by atoms with E-state index in [1.54, 1.807) is 0 Å². The van der Waals surface area contributed by atoms with Gasteiger partial charge in [-0.2, -0.15) is 0 Å². The fourth-order valence-corrected chi connectivity index (χ4v) is 10.3. The molecule has 0 saturated heterocycles. The first-order chi connectivity index (χ1) is 32.1. The third kappa shape index (κ3) is 6.08. The van der Waals surface area contributed by atoms with Gasteiger partial charge in [0, 0.05) is 33.9 Å². The van der Waals surface area contributed by atoms with Gasteiger partial charge in [0.1, 0.15) is 17.0 Å². The van der Waals surface area contributed by atoms with Crippen molar-refractivity contribution in [2.24, 2.45) is 0 Å². The highest BCUT2D eigenvalue weighted by atomic mass is 19.1. The van der Waals surface area contributed by atoms with Crippen LogP contribution in [-0.2, 0) is 0 Å². The van der Waals surface area contributed by atoms with Crippen molar-refractivity contribution in [3.63, 3.8) is 0 Å². The molecule has 1 aromatic heterocycles. The fraction of sp³-hybridized carbons (Fsp3) is 0. The Morgan fingerprint density at radius 1 is 0.292 bits per heavy atom. The molecule has 0 bridgehead atoms. The minimum Gasteiger partial charge on any atom is -0.456 e. The summed E-state index contributed by atoms with van der Waals surface area (Å²) in [6, 6.07) is 81.0. The van der Waals surface area contributed by atoms with E-state index in [0.29, 0.717) is 0 Å². The van der Waals surface area contributed by atoms with Crippen molar-refractivity contribution in [1.29, 1.82) is 0 Å². The van der Waals surface area contributed by atoms with Crippen molar-refractivity contribution in [3.8, 4) is 33.4 Å². The van der Waals surface area contributed by atoms with E-state index < -0.39 is 0 Å². The van der Waals surface area contributed by atoms with Gasteiger partial charge in [0.15, 0.2) is 0 Å². The molecule has 3 heteroatoms. The van der Waals surface area contributed by atoms with E-state index in [1.165, 1.54) is 77.5 Å². The number of hydrogen-bond acceptors (Lipinski definition) is 2. The molecule has 0 atom stereocenters. The minimum atomic E-state index is -0.273. The number of halogens is 1. The summed E-state index contributed by atoms with van der Waals surface area (Å²) < 4.78 is 21.0. The lowest BCUT2D eigenvalue weighted by Crippen LogP contribution is -2.09. The zero-order chi connectivity index (χ0) is 43.0. The van der Waals surface area contributed by atoms with Crippen LogP contribution in [0, 0.1) is 5.82 Å². The summed E-state index contributed by atoms with van der Waals surface area (Å²) in [5.74, 6) is -0.273. The average Bonchev–Trinajstić information content (AvgIpc) is 3.73. The molecule has 0 saturated carbocycles. The summed E-state index contributed by atoms with van der Waals surface area (Å²) >= 11 is 0. The first kappa shape index (κ1) is 37.1. The number of rotatable bonds is 6. The van der Waals surface area contributed by atoms with Crippen molar-refractivity contribution in [2.45, 2.75) is 0 Å². The summed E-state index contributed by atoms with van der Waals surface area (Å²) in [6.45, 7) is 0. The van der Waals surface area contributed by atoms with Crippen molar-refractivity contribution in [3.05, 3.63) is 236 Å². The molecule has 0 aliphatic carbocycles. The Hall–Kier alpha value is -8.53. The summed E-state index contributed by atoms with van der Waals surface area (Å²) in [6.07, 6.45) is 0. The van der Waals surface area contributed by atoms with Crippen LogP contribution in [0.3, 0.4) is 0 Å². The molecular weight excluding hydrogens is 794 g/mol. The zero-order valence-electron chi connectivity index (χ0n) is 35.2. The molecule has 0 radical (unpaired) electrons. The smallest absolute Gasteiger partial charge is 0.137 e. The lowest BCUT2D eigenvalue weighted by Gasteiger charge is -2.25. The summed E-state index contributed by atoms with van der Waals surface area (Å²) in [5.41, 5.74) is 11.4. The second kappa shape index (κ2) is 14.8. The van der Waals surface area contributed by atoms with Crippen LogP contribution >= 0.6 is 0 Å². The molecule has 0 aliphatic heterocycles. The molecule has 13 aromatic rings. The van der Waals surface area contributed by atoms with Gasteiger partial charge in [-0.05, 0) is 154 Å². The molecule has 0 spiro atoms. The van der Waals surface area contributed by atoms with E-state index in [-0.39, 0.29) is 5.82 Å². The number of fused-ring (bicyclic) bond motifs is 8. The third-order valence-corrected chi connectivity index (χ3v) is 13.3. The Morgan fingerprint density at radius 3 is 1.43 bits per heavy atom. The van der Waals surface area contributed by atoms with Gasteiger partial charge in [0.25, 0.3) is 0 Å². The highest BCUT2D eigenvalue weighted by Gasteiger charge is 2.21. The Bertz CT molecular complexity index is 4020. The molecule has 13 rings (SSSR count). The second-order valence-electron chi connectivity index (χ2n) is 16.9. The van der Waals surface area contributed by atoms with Gasteiger partial charge in [-0.25, -0.2) is 4.39 Å². The molecular formula is C62H38FNO. The van der Waals surface area contributed by atoms with E-state index in [4.69, 9.17) is 4.42 Å². The van der Waals surface area contributed by atoms with Crippen LogP contribution in [0.25, 0.3) is 109 Å². The summed E-state index contributed by atoms with van der Waals surface area (Å²) in [5, 5.41) is 14.1. The maximum atomic E-state index is 14.2. The quantitative estimate of drug-likeness (QED) is 0.155. The van der Waals surface area contributed by atoms with E-state index >= 15 is 0 Å². The molecule has 1 heterocycles. The molecule has 0 N–H and O–H groups in total. The van der Waals surface area contributed by atoms with Crippen LogP contribution in [0.5, 0.6) is 0 Å². The highest BCUT2D eigenvalue weighted by molar-refractivity contribution is 6.25. The second-order valence-corrected chi connectivity index (χ2v) is 16.9. The molecule has 12 aromatic carbocycles. The summed E-state index contributed by atoms with van der Waals surface area (Å²) in [4.78, 5) is 2.16. The van der Waals surface area contributed by atoms with Crippen molar-refractivity contribution >= 4 is 92.9 Å². The number of furan rings is 1. The fourth-order valence-electron chi connectivity index (χ4n) is 10.3. The van der Waals surface area contributed by atoms with Crippen LogP contribution < -0.4 is 4.90 Å². The van der Waals surface area contributed by atoms with Gasteiger partial charge in [-0.1, -0.05) is 158 Å². The molecule has 65 heavy (non-hydrogen) atoms. The zero-order valence-corrected chi connectivity index (χ0v) is 35.2. The van der Waals surface area contributed by atoms with Crippen LogP contribution in [0.4, 0.5) is 21.5 Å². The largest absolute Gasteiger partial charge is 0.456 e. The van der Waals surface area contributed by atoms with Gasteiger partial charge in [0.05, 0.1) is 0 Å². The lowest BCUT2D eigenvalue weighted by molar-refractivity contribution is 0.628. The van der Waals surface area contributed by atoms with Crippen LogP contribution in [0.2, 0.25) is 0 Å². The molecule has 0 unspecified atom stereocenters. The predicted octanol–water partition coefficient (Wildman–Crippen LogP) is 18.0. The molecule has 0 fully saturated rings. The van der Waals surface area contributed by atoms with E-state index in [9.17, 15) is 4.39 Å². The van der Waals surface area contributed by atoms with Gasteiger partial charge >= 0.3 is 0 Å². The summed E-state index contributed by atoms with van der Waals surface area (Å²) in [7, 11) is 0. The van der Waals surface area contributed by atoms with Crippen molar-refractivity contribution in [2.75, 3.05) is 4.90 Å². The van der Waals surface area contributed by atoms with E-state index in [0.717, 1.165) is 60.9 Å². The first-order valence-electron chi connectivity index (χ1n) is 22.1. The number of anilines is 3. The average molecular weight is 832 g/mol. The lowest BCUT2D eigenvalue weighted by atomic mass is 9.83. The van der Waals surface area contributed by atoms with Crippen LogP contribution in [0.1, 0.15) is 0 Å². The minimum absolute atomic E-state index is 0.273. The maximum absolute atomic E-state index is 14.2. The SMILES string of the molecule is Fc1ccc(N(c2ccc3ccccc3c2)c2ccc3c(c2)oc2cc(-c4ccc5c(-c6cccc7ccccc67)c6ccccc6c(-c6cccc7ccccc67)c5c4)ccc23)cc1. The van der Waals surface area contributed by atoms with Gasteiger partial charge < -0.3 is 9.32 Å². The van der Waals surface area contributed by atoms with Gasteiger partial charge in [-0.3, -0.25) is 0 Å². The topological polar surface area (TPSA) is 16.4 Å². The molecule has 0 amide bonds. The Morgan fingerprint density at radius 2 is 0.754 bits per heavy atom.